The number of carbonyl (C=O) groups excluding carboxylic acids is 1. The standard InChI is InChI=1S/C29H43N3O4S/c1-4-32(29(34)24-13-9-6-10-14-24)27(19-23-11-7-5-8-12-23)28(33)21-31(20-22(2)3)37(35,36)26-17-15-25(30)16-18-26/h5,7-8,11-12,15-18,22,24,27-28,33H,4,6,9-10,13-14,19-21,30H2,1-3H3/t27-,28+/m0/s1. The van der Waals surface area contributed by atoms with E-state index >= 15 is 0 Å². The van der Waals surface area contributed by atoms with Crippen molar-refractivity contribution in [3.63, 3.8) is 0 Å². The Bertz CT molecular complexity index is 1080. The Balaban J connectivity index is 1.92. The van der Waals surface area contributed by atoms with E-state index in [9.17, 15) is 18.3 Å². The molecule has 3 N–H and O–H groups in total. The van der Waals surface area contributed by atoms with E-state index in [1.807, 2.05) is 51.1 Å². The first-order valence-corrected chi connectivity index (χ1v) is 15.0. The molecule has 0 bridgehead atoms. The van der Waals surface area contributed by atoms with Crippen molar-refractivity contribution in [3.05, 3.63) is 60.2 Å². The summed E-state index contributed by atoms with van der Waals surface area (Å²) in [6.07, 6.45) is 4.37. The van der Waals surface area contributed by atoms with Crippen LogP contribution in [0.3, 0.4) is 0 Å². The van der Waals surface area contributed by atoms with Gasteiger partial charge in [-0.15, -0.1) is 0 Å². The van der Waals surface area contributed by atoms with Gasteiger partial charge < -0.3 is 15.7 Å². The van der Waals surface area contributed by atoms with Crippen LogP contribution in [-0.2, 0) is 21.2 Å². The molecule has 7 nitrogen and oxygen atoms in total. The van der Waals surface area contributed by atoms with Crippen LogP contribution in [0.2, 0.25) is 0 Å². The van der Waals surface area contributed by atoms with E-state index < -0.39 is 22.2 Å². The lowest BCUT2D eigenvalue weighted by molar-refractivity contribution is -0.141. The Labute approximate surface area is 222 Å². The van der Waals surface area contributed by atoms with Gasteiger partial charge in [0.15, 0.2) is 0 Å². The fraction of sp³-hybridized carbons (Fsp3) is 0.552. The molecular formula is C29H43N3O4S. The zero-order valence-electron chi connectivity index (χ0n) is 22.4. The molecule has 0 aromatic heterocycles. The number of aliphatic hydroxyl groups is 1. The zero-order valence-corrected chi connectivity index (χ0v) is 23.2. The monoisotopic (exact) mass is 529 g/mol. The van der Waals surface area contributed by atoms with Gasteiger partial charge in [0.2, 0.25) is 15.9 Å². The van der Waals surface area contributed by atoms with E-state index in [1.54, 1.807) is 17.0 Å². The number of hydrogen-bond acceptors (Lipinski definition) is 5. The molecule has 204 valence electrons. The highest BCUT2D eigenvalue weighted by Gasteiger charge is 2.36. The van der Waals surface area contributed by atoms with Crippen molar-refractivity contribution in [3.8, 4) is 0 Å². The highest BCUT2D eigenvalue weighted by Crippen LogP contribution is 2.28. The summed E-state index contributed by atoms with van der Waals surface area (Å²) in [5.74, 6) is 0.0814. The molecule has 37 heavy (non-hydrogen) atoms. The summed E-state index contributed by atoms with van der Waals surface area (Å²) < 4.78 is 28.6. The van der Waals surface area contributed by atoms with Gasteiger partial charge in [0.05, 0.1) is 17.0 Å². The molecule has 0 heterocycles. The lowest BCUT2D eigenvalue weighted by Crippen LogP contribution is -2.54. The Morgan fingerprint density at radius 1 is 1.00 bits per heavy atom. The third-order valence-corrected chi connectivity index (χ3v) is 9.03. The SMILES string of the molecule is CCN(C(=O)C1CCCCC1)[C@@H](Cc1ccccc1)[C@H](O)CN(CC(C)C)S(=O)(=O)c1ccc(N)cc1. The van der Waals surface area contributed by atoms with Crippen LogP contribution >= 0.6 is 0 Å². The third-order valence-electron chi connectivity index (χ3n) is 7.19. The smallest absolute Gasteiger partial charge is 0.243 e. The number of likely N-dealkylation sites (N-methyl/N-ethyl adjacent to an activating group) is 1. The predicted octanol–water partition coefficient (Wildman–Crippen LogP) is 4.32. The van der Waals surface area contributed by atoms with Gasteiger partial charge in [-0.2, -0.15) is 4.31 Å². The van der Waals surface area contributed by atoms with Crippen molar-refractivity contribution in [2.45, 2.75) is 76.3 Å². The number of rotatable bonds is 12. The normalized spacial score (nSPS) is 16.6. The highest BCUT2D eigenvalue weighted by molar-refractivity contribution is 7.89. The van der Waals surface area contributed by atoms with Gasteiger partial charge in [-0.05, 0) is 61.9 Å². The molecule has 1 saturated carbocycles. The van der Waals surface area contributed by atoms with Crippen molar-refractivity contribution in [1.29, 1.82) is 0 Å². The molecule has 1 aliphatic rings. The molecule has 2 aromatic carbocycles. The van der Waals surface area contributed by atoms with Gasteiger partial charge >= 0.3 is 0 Å². The third kappa shape index (κ3) is 7.79. The molecule has 1 amide bonds. The topological polar surface area (TPSA) is 104 Å². The van der Waals surface area contributed by atoms with Crippen LogP contribution in [0.4, 0.5) is 5.69 Å². The molecule has 0 saturated heterocycles. The molecule has 1 fully saturated rings. The molecular weight excluding hydrogens is 486 g/mol. The molecule has 0 spiro atoms. The minimum atomic E-state index is -3.87. The Hall–Kier alpha value is -2.42. The number of nitrogen functional groups attached to an aromatic ring is 1. The summed E-state index contributed by atoms with van der Waals surface area (Å²) in [6.45, 7) is 6.44. The second kappa shape index (κ2) is 13.4. The van der Waals surface area contributed by atoms with E-state index in [0.29, 0.717) is 18.7 Å². The lowest BCUT2D eigenvalue weighted by atomic mass is 9.87. The van der Waals surface area contributed by atoms with Gasteiger partial charge in [0.25, 0.3) is 0 Å². The first kappa shape index (κ1) is 29.1. The summed E-state index contributed by atoms with van der Waals surface area (Å²) in [5.41, 5.74) is 7.25. The number of nitrogens with two attached hydrogens (primary N) is 1. The fourth-order valence-electron chi connectivity index (χ4n) is 5.24. The summed E-state index contributed by atoms with van der Waals surface area (Å²) in [7, 11) is -3.87. The van der Waals surface area contributed by atoms with Crippen molar-refractivity contribution < 1.29 is 18.3 Å². The number of benzene rings is 2. The van der Waals surface area contributed by atoms with Crippen molar-refractivity contribution >= 4 is 21.6 Å². The maximum Gasteiger partial charge on any atom is 0.243 e. The minimum absolute atomic E-state index is 0.0375. The first-order chi connectivity index (χ1) is 17.6. The number of sulfonamides is 1. The second-order valence-electron chi connectivity index (χ2n) is 10.6. The van der Waals surface area contributed by atoms with Gasteiger partial charge in [0, 0.05) is 31.2 Å². The zero-order chi connectivity index (χ0) is 27.0. The van der Waals surface area contributed by atoms with E-state index in [4.69, 9.17) is 5.73 Å². The van der Waals surface area contributed by atoms with Crippen LogP contribution in [0.1, 0.15) is 58.4 Å². The second-order valence-corrected chi connectivity index (χ2v) is 12.5. The van der Waals surface area contributed by atoms with Crippen LogP contribution in [0.25, 0.3) is 0 Å². The van der Waals surface area contributed by atoms with E-state index in [-0.39, 0.29) is 35.7 Å². The van der Waals surface area contributed by atoms with Crippen molar-refractivity contribution in [1.82, 2.24) is 9.21 Å². The van der Waals surface area contributed by atoms with Crippen molar-refractivity contribution in [2.75, 3.05) is 25.4 Å². The van der Waals surface area contributed by atoms with E-state index in [2.05, 4.69) is 0 Å². The summed E-state index contributed by atoms with van der Waals surface area (Å²) in [4.78, 5) is 15.6. The number of nitrogens with zero attached hydrogens (tertiary/aromatic N) is 2. The molecule has 0 aliphatic heterocycles. The lowest BCUT2D eigenvalue weighted by Gasteiger charge is -2.39. The van der Waals surface area contributed by atoms with Crippen LogP contribution < -0.4 is 5.73 Å². The molecule has 1 aliphatic carbocycles. The highest BCUT2D eigenvalue weighted by atomic mass is 32.2. The molecule has 2 atom stereocenters. The van der Waals surface area contributed by atoms with E-state index in [0.717, 1.165) is 37.7 Å². The number of amides is 1. The average Bonchev–Trinajstić information content (AvgIpc) is 2.89. The molecule has 0 radical (unpaired) electrons. The van der Waals surface area contributed by atoms with Crippen LogP contribution in [0, 0.1) is 11.8 Å². The summed E-state index contributed by atoms with van der Waals surface area (Å²) in [6, 6.07) is 15.4. The van der Waals surface area contributed by atoms with Crippen LogP contribution in [0.5, 0.6) is 0 Å². The summed E-state index contributed by atoms with van der Waals surface area (Å²) in [5, 5.41) is 11.6. The Kier molecular flexibility index (Phi) is 10.6. The molecule has 2 aromatic rings. The largest absolute Gasteiger partial charge is 0.399 e. The molecule has 3 rings (SSSR count). The minimum Gasteiger partial charge on any atom is -0.399 e. The van der Waals surface area contributed by atoms with Gasteiger partial charge in [-0.3, -0.25) is 4.79 Å². The maximum atomic E-state index is 13.7. The van der Waals surface area contributed by atoms with Gasteiger partial charge in [0.1, 0.15) is 0 Å². The van der Waals surface area contributed by atoms with Gasteiger partial charge in [-0.25, -0.2) is 8.42 Å². The molecule has 8 heteroatoms. The predicted molar refractivity (Wildman–Crippen MR) is 148 cm³/mol. The Morgan fingerprint density at radius 3 is 2.19 bits per heavy atom. The fourth-order valence-corrected chi connectivity index (χ4v) is 6.87. The van der Waals surface area contributed by atoms with Gasteiger partial charge in [-0.1, -0.05) is 63.4 Å². The number of carbonyl (C=O) groups is 1. The first-order valence-electron chi connectivity index (χ1n) is 13.5. The summed E-state index contributed by atoms with van der Waals surface area (Å²) >= 11 is 0. The van der Waals surface area contributed by atoms with E-state index in [1.165, 1.54) is 16.4 Å². The quantitative estimate of drug-likeness (QED) is 0.399. The number of anilines is 1. The van der Waals surface area contributed by atoms with Crippen molar-refractivity contribution in [2.24, 2.45) is 11.8 Å². The van der Waals surface area contributed by atoms with Crippen LogP contribution in [0.15, 0.2) is 59.5 Å². The Morgan fingerprint density at radius 2 is 1.62 bits per heavy atom. The van der Waals surface area contributed by atoms with Crippen LogP contribution in [-0.4, -0.2) is 60.4 Å². The number of hydrogen-bond donors (Lipinski definition) is 2. The average molecular weight is 530 g/mol. The number of aliphatic hydroxyl groups excluding tert-OH is 1. The molecule has 0 unspecified atom stereocenters. The maximum absolute atomic E-state index is 13.7.